The minimum atomic E-state index is -3.64. The molecular weight excluding hydrogens is 478 g/mol. The van der Waals surface area contributed by atoms with Crippen molar-refractivity contribution in [3.8, 4) is 0 Å². The van der Waals surface area contributed by atoms with E-state index >= 15 is 0 Å². The number of amides is 1. The van der Waals surface area contributed by atoms with Crippen LogP contribution in [0.3, 0.4) is 0 Å². The lowest BCUT2D eigenvalue weighted by atomic mass is 10.1. The number of carbonyl (C=O) groups is 1. The van der Waals surface area contributed by atoms with E-state index in [2.05, 4.69) is 11.1 Å². The number of aromatic nitrogens is 2. The van der Waals surface area contributed by atoms with Gasteiger partial charge in [-0.15, -0.1) is 0 Å². The molecule has 0 unspecified atom stereocenters. The van der Waals surface area contributed by atoms with E-state index in [0.717, 1.165) is 21.3 Å². The standard InChI is InChI=1S/C24H22ClN3O3S2/c1-16-13-17(2)23-21(14-16)27-24(32-23)28(15-19-5-3-4-11-26-19)22(29)10-12-33(30,31)20-8-6-18(25)7-9-20/h3-9,11,13-14H,10,12,15H2,1-2H3. The summed E-state index contributed by atoms with van der Waals surface area (Å²) in [6.45, 7) is 4.23. The van der Waals surface area contributed by atoms with E-state index in [1.807, 2.05) is 32.0 Å². The highest BCUT2D eigenvalue weighted by atomic mass is 35.5. The van der Waals surface area contributed by atoms with Gasteiger partial charge in [0.05, 0.1) is 33.1 Å². The topological polar surface area (TPSA) is 80.2 Å². The summed E-state index contributed by atoms with van der Waals surface area (Å²) >= 11 is 7.28. The molecule has 1 amide bonds. The van der Waals surface area contributed by atoms with Crippen molar-refractivity contribution in [3.63, 3.8) is 0 Å². The van der Waals surface area contributed by atoms with Crippen LogP contribution in [-0.4, -0.2) is 30.0 Å². The number of halogens is 1. The van der Waals surface area contributed by atoms with Gasteiger partial charge in [-0.05, 0) is 67.4 Å². The fraction of sp³-hybridized carbons (Fsp3) is 0.208. The number of fused-ring (bicyclic) bond motifs is 1. The fourth-order valence-electron chi connectivity index (χ4n) is 3.51. The molecule has 2 heterocycles. The van der Waals surface area contributed by atoms with Crippen molar-refractivity contribution in [1.29, 1.82) is 0 Å². The molecule has 6 nitrogen and oxygen atoms in total. The number of nitrogens with zero attached hydrogens (tertiary/aromatic N) is 3. The lowest BCUT2D eigenvalue weighted by Gasteiger charge is -2.19. The third-order valence-corrected chi connectivity index (χ3v) is 8.36. The van der Waals surface area contributed by atoms with Crippen LogP contribution in [0, 0.1) is 13.8 Å². The number of pyridine rings is 1. The zero-order valence-corrected chi connectivity index (χ0v) is 20.5. The monoisotopic (exact) mass is 499 g/mol. The number of hydrogen-bond acceptors (Lipinski definition) is 6. The SMILES string of the molecule is Cc1cc(C)c2sc(N(Cc3ccccn3)C(=O)CCS(=O)(=O)c3ccc(Cl)cc3)nc2c1. The van der Waals surface area contributed by atoms with Crippen molar-refractivity contribution in [1.82, 2.24) is 9.97 Å². The maximum Gasteiger partial charge on any atom is 0.230 e. The van der Waals surface area contributed by atoms with Crippen LogP contribution in [0.15, 0.2) is 65.7 Å². The van der Waals surface area contributed by atoms with Crippen LogP contribution >= 0.6 is 22.9 Å². The summed E-state index contributed by atoms with van der Waals surface area (Å²) in [7, 11) is -3.64. The molecule has 0 aliphatic rings. The molecule has 0 saturated heterocycles. The average Bonchev–Trinajstić information content (AvgIpc) is 3.21. The molecule has 0 spiro atoms. The Morgan fingerprint density at radius 2 is 1.85 bits per heavy atom. The van der Waals surface area contributed by atoms with Crippen LogP contribution in [0.2, 0.25) is 5.02 Å². The fourth-order valence-corrected chi connectivity index (χ4v) is 5.90. The van der Waals surface area contributed by atoms with Gasteiger partial charge in [-0.2, -0.15) is 0 Å². The van der Waals surface area contributed by atoms with Crippen LogP contribution in [0.4, 0.5) is 5.13 Å². The molecule has 0 atom stereocenters. The molecule has 2 aromatic carbocycles. The number of benzene rings is 2. The Morgan fingerprint density at radius 1 is 1.09 bits per heavy atom. The number of aryl methyl sites for hydroxylation is 2. The molecule has 2 aromatic heterocycles. The number of carbonyl (C=O) groups excluding carboxylic acids is 1. The predicted octanol–water partition coefficient (Wildman–Crippen LogP) is 5.36. The van der Waals surface area contributed by atoms with E-state index in [1.165, 1.54) is 40.5 Å². The Balaban J connectivity index is 1.62. The molecule has 0 saturated carbocycles. The second-order valence-electron chi connectivity index (χ2n) is 7.75. The van der Waals surface area contributed by atoms with Crippen LogP contribution in [-0.2, 0) is 21.2 Å². The number of anilines is 1. The molecule has 0 aliphatic heterocycles. The number of rotatable bonds is 7. The minimum absolute atomic E-state index is 0.141. The van der Waals surface area contributed by atoms with Gasteiger partial charge in [-0.25, -0.2) is 13.4 Å². The van der Waals surface area contributed by atoms with E-state index in [4.69, 9.17) is 16.6 Å². The quantitative estimate of drug-likeness (QED) is 0.342. The summed E-state index contributed by atoms with van der Waals surface area (Å²) in [4.78, 5) is 24.0. The molecule has 0 radical (unpaired) electrons. The molecule has 0 N–H and O–H groups in total. The van der Waals surface area contributed by atoms with Gasteiger partial charge in [0.15, 0.2) is 15.0 Å². The molecule has 0 fully saturated rings. The maximum atomic E-state index is 13.3. The molecule has 33 heavy (non-hydrogen) atoms. The van der Waals surface area contributed by atoms with Gasteiger partial charge < -0.3 is 0 Å². The second kappa shape index (κ2) is 9.59. The number of thiazole rings is 1. The largest absolute Gasteiger partial charge is 0.282 e. The molecule has 9 heteroatoms. The Labute approximate surface area is 201 Å². The van der Waals surface area contributed by atoms with E-state index < -0.39 is 9.84 Å². The molecule has 0 bridgehead atoms. The Bertz CT molecular complexity index is 1400. The Kier molecular flexibility index (Phi) is 6.78. The maximum absolute atomic E-state index is 13.3. The summed E-state index contributed by atoms with van der Waals surface area (Å²) in [6.07, 6.45) is 1.49. The van der Waals surface area contributed by atoms with Crippen molar-refractivity contribution in [2.75, 3.05) is 10.7 Å². The highest BCUT2D eigenvalue weighted by Crippen LogP contribution is 2.33. The van der Waals surface area contributed by atoms with Crippen LogP contribution in [0.25, 0.3) is 10.2 Å². The number of sulfone groups is 1. The smallest absolute Gasteiger partial charge is 0.230 e. The summed E-state index contributed by atoms with van der Waals surface area (Å²) in [5.41, 5.74) is 3.69. The van der Waals surface area contributed by atoms with Gasteiger partial charge in [-0.1, -0.05) is 35.1 Å². The van der Waals surface area contributed by atoms with Crippen molar-refractivity contribution < 1.29 is 13.2 Å². The highest BCUT2D eigenvalue weighted by molar-refractivity contribution is 7.91. The van der Waals surface area contributed by atoms with Crippen LogP contribution in [0.5, 0.6) is 0 Å². The third-order valence-electron chi connectivity index (χ3n) is 5.14. The van der Waals surface area contributed by atoms with Crippen LogP contribution < -0.4 is 4.90 Å². The zero-order chi connectivity index (χ0) is 23.6. The molecule has 0 aliphatic carbocycles. The second-order valence-corrected chi connectivity index (χ2v) is 11.3. The first-order valence-electron chi connectivity index (χ1n) is 10.3. The van der Waals surface area contributed by atoms with Gasteiger partial charge >= 0.3 is 0 Å². The third kappa shape index (κ3) is 5.40. The van der Waals surface area contributed by atoms with E-state index in [-0.39, 0.29) is 29.5 Å². The van der Waals surface area contributed by atoms with Gasteiger partial charge in [-0.3, -0.25) is 14.7 Å². The normalized spacial score (nSPS) is 11.6. The lowest BCUT2D eigenvalue weighted by Crippen LogP contribution is -2.32. The predicted molar refractivity (Wildman–Crippen MR) is 133 cm³/mol. The highest BCUT2D eigenvalue weighted by Gasteiger charge is 2.24. The zero-order valence-electron chi connectivity index (χ0n) is 18.2. The van der Waals surface area contributed by atoms with E-state index in [9.17, 15) is 13.2 Å². The summed E-state index contributed by atoms with van der Waals surface area (Å²) < 4.78 is 26.5. The summed E-state index contributed by atoms with van der Waals surface area (Å²) in [5, 5.41) is 0.978. The van der Waals surface area contributed by atoms with Crippen LogP contribution in [0.1, 0.15) is 23.2 Å². The average molecular weight is 500 g/mol. The first kappa shape index (κ1) is 23.4. The summed E-state index contributed by atoms with van der Waals surface area (Å²) in [5.74, 6) is -0.638. The van der Waals surface area contributed by atoms with Crippen molar-refractivity contribution >= 4 is 54.0 Å². The first-order chi connectivity index (χ1) is 15.7. The van der Waals surface area contributed by atoms with Crippen molar-refractivity contribution in [3.05, 3.63) is 82.6 Å². The van der Waals surface area contributed by atoms with Gasteiger partial charge in [0.25, 0.3) is 0 Å². The Morgan fingerprint density at radius 3 is 2.55 bits per heavy atom. The molecule has 170 valence electrons. The Hall–Kier alpha value is -2.81. The van der Waals surface area contributed by atoms with Gasteiger partial charge in [0.2, 0.25) is 5.91 Å². The number of hydrogen-bond donors (Lipinski definition) is 0. The van der Waals surface area contributed by atoms with Gasteiger partial charge in [0, 0.05) is 17.6 Å². The summed E-state index contributed by atoms with van der Waals surface area (Å²) in [6, 6.07) is 15.5. The first-order valence-corrected chi connectivity index (χ1v) is 13.1. The van der Waals surface area contributed by atoms with Gasteiger partial charge in [0.1, 0.15) is 0 Å². The van der Waals surface area contributed by atoms with Crippen molar-refractivity contribution in [2.24, 2.45) is 0 Å². The van der Waals surface area contributed by atoms with E-state index in [0.29, 0.717) is 15.8 Å². The van der Waals surface area contributed by atoms with Crippen molar-refractivity contribution in [2.45, 2.75) is 31.7 Å². The molecule has 4 aromatic rings. The molecule has 4 rings (SSSR count). The molecular formula is C24H22ClN3O3S2. The minimum Gasteiger partial charge on any atom is -0.282 e. The van der Waals surface area contributed by atoms with E-state index in [1.54, 1.807) is 12.3 Å². The lowest BCUT2D eigenvalue weighted by molar-refractivity contribution is -0.118.